The molecule has 0 saturated heterocycles. The Kier molecular flexibility index (Phi) is 5.30. The number of hydrogen-bond donors (Lipinski definition) is 1. The molecule has 0 fully saturated rings. The number of esters is 1. The van der Waals surface area contributed by atoms with Crippen LogP contribution < -0.4 is 10.3 Å². The van der Waals surface area contributed by atoms with Crippen LogP contribution in [-0.2, 0) is 19.1 Å². The highest BCUT2D eigenvalue weighted by Crippen LogP contribution is 2.20. The smallest absolute Gasteiger partial charge is 0.355 e. The third-order valence-corrected chi connectivity index (χ3v) is 3.80. The van der Waals surface area contributed by atoms with Gasteiger partial charge in [-0.1, -0.05) is 23.4 Å². The SMILES string of the molecule is Cc1cc(NC(=O)C(C)OC(=O)C2=NN(c3ccccc3)C(=O)CC2)no1. The van der Waals surface area contributed by atoms with Gasteiger partial charge in [-0.3, -0.25) is 9.59 Å². The van der Waals surface area contributed by atoms with E-state index in [0.717, 1.165) is 0 Å². The van der Waals surface area contributed by atoms with Crippen LogP contribution in [-0.4, -0.2) is 34.8 Å². The van der Waals surface area contributed by atoms with Crippen molar-refractivity contribution in [3.05, 3.63) is 42.2 Å². The van der Waals surface area contributed by atoms with Crippen LogP contribution in [0.1, 0.15) is 25.5 Å². The molecule has 1 aromatic carbocycles. The molecule has 27 heavy (non-hydrogen) atoms. The highest BCUT2D eigenvalue weighted by molar-refractivity contribution is 6.38. The molecule has 1 aliphatic heterocycles. The molecule has 9 nitrogen and oxygen atoms in total. The molecule has 1 unspecified atom stereocenters. The lowest BCUT2D eigenvalue weighted by Crippen LogP contribution is -2.37. The Labute approximate surface area is 155 Å². The van der Waals surface area contributed by atoms with E-state index < -0.39 is 18.0 Å². The van der Waals surface area contributed by atoms with Gasteiger partial charge in [0.05, 0.1) is 5.69 Å². The number of amides is 2. The van der Waals surface area contributed by atoms with Crippen LogP contribution >= 0.6 is 0 Å². The third kappa shape index (κ3) is 4.38. The zero-order valence-electron chi connectivity index (χ0n) is 14.8. The van der Waals surface area contributed by atoms with Crippen molar-refractivity contribution in [2.75, 3.05) is 10.3 Å². The van der Waals surface area contributed by atoms with Gasteiger partial charge in [-0.2, -0.15) is 5.10 Å². The van der Waals surface area contributed by atoms with Gasteiger partial charge in [-0.25, -0.2) is 9.80 Å². The van der Waals surface area contributed by atoms with Gasteiger partial charge >= 0.3 is 5.97 Å². The van der Waals surface area contributed by atoms with E-state index in [9.17, 15) is 14.4 Å². The number of hydrogen-bond acceptors (Lipinski definition) is 7. The van der Waals surface area contributed by atoms with Gasteiger partial charge in [0, 0.05) is 18.9 Å². The molecule has 2 heterocycles. The minimum atomic E-state index is -1.07. The van der Waals surface area contributed by atoms with E-state index in [1.807, 2.05) is 6.07 Å². The normalized spacial score (nSPS) is 15.1. The Balaban J connectivity index is 1.65. The summed E-state index contributed by atoms with van der Waals surface area (Å²) in [5, 5.41) is 11.4. The standard InChI is InChI=1S/C18H18N4O5/c1-11-10-15(21-27-11)19-17(24)12(2)26-18(25)14-8-9-16(23)22(20-14)13-6-4-3-5-7-13/h3-7,10,12H,8-9H2,1-2H3,(H,19,21,24). The summed E-state index contributed by atoms with van der Waals surface area (Å²) in [6.45, 7) is 3.12. The Hall–Kier alpha value is -3.49. The quantitative estimate of drug-likeness (QED) is 0.806. The zero-order chi connectivity index (χ0) is 19.4. The summed E-state index contributed by atoms with van der Waals surface area (Å²) in [6.07, 6.45) is -0.792. The van der Waals surface area contributed by atoms with E-state index in [-0.39, 0.29) is 30.3 Å². The Morgan fingerprint density at radius 2 is 2.00 bits per heavy atom. The largest absolute Gasteiger partial charge is 0.448 e. The van der Waals surface area contributed by atoms with Gasteiger partial charge in [0.15, 0.2) is 11.9 Å². The molecule has 1 aromatic heterocycles. The van der Waals surface area contributed by atoms with E-state index in [2.05, 4.69) is 15.6 Å². The second kappa shape index (κ2) is 7.81. The molecular weight excluding hydrogens is 352 g/mol. The topological polar surface area (TPSA) is 114 Å². The van der Waals surface area contributed by atoms with Crippen molar-refractivity contribution in [1.82, 2.24) is 5.16 Å². The van der Waals surface area contributed by atoms with Crippen LogP contribution in [0.4, 0.5) is 11.5 Å². The number of carbonyl (C=O) groups excluding carboxylic acids is 3. The highest BCUT2D eigenvalue weighted by atomic mass is 16.5. The number of benzene rings is 1. The Morgan fingerprint density at radius 3 is 2.67 bits per heavy atom. The summed E-state index contributed by atoms with van der Waals surface area (Å²) in [5.41, 5.74) is 0.634. The maximum Gasteiger partial charge on any atom is 0.355 e. The summed E-state index contributed by atoms with van der Waals surface area (Å²) in [5.74, 6) is -0.746. The van der Waals surface area contributed by atoms with Crippen molar-refractivity contribution in [2.24, 2.45) is 5.10 Å². The van der Waals surface area contributed by atoms with E-state index >= 15 is 0 Å². The lowest BCUT2D eigenvalue weighted by molar-refractivity contribution is -0.146. The van der Waals surface area contributed by atoms with Crippen molar-refractivity contribution in [1.29, 1.82) is 0 Å². The second-order valence-electron chi connectivity index (χ2n) is 5.95. The molecule has 2 amide bonds. The first-order chi connectivity index (χ1) is 12.9. The van der Waals surface area contributed by atoms with Crippen LogP contribution in [0.2, 0.25) is 0 Å². The monoisotopic (exact) mass is 370 g/mol. The molecule has 140 valence electrons. The van der Waals surface area contributed by atoms with E-state index in [1.165, 1.54) is 11.9 Å². The first kappa shape index (κ1) is 18.3. The van der Waals surface area contributed by atoms with Crippen LogP contribution in [0.25, 0.3) is 0 Å². The maximum atomic E-state index is 12.3. The van der Waals surface area contributed by atoms with Gasteiger partial charge in [0.1, 0.15) is 11.5 Å². The number of nitrogens with zero attached hydrogens (tertiary/aromatic N) is 3. The van der Waals surface area contributed by atoms with E-state index in [1.54, 1.807) is 37.3 Å². The number of carbonyl (C=O) groups is 3. The predicted octanol–water partition coefficient (Wildman–Crippen LogP) is 2.04. The molecule has 0 spiro atoms. The van der Waals surface area contributed by atoms with Crippen LogP contribution in [0, 0.1) is 6.92 Å². The summed E-state index contributed by atoms with van der Waals surface area (Å²) >= 11 is 0. The molecule has 2 aromatic rings. The van der Waals surface area contributed by atoms with Crippen LogP contribution in [0.15, 0.2) is 46.0 Å². The van der Waals surface area contributed by atoms with Crippen molar-refractivity contribution in [3.8, 4) is 0 Å². The van der Waals surface area contributed by atoms with Crippen LogP contribution in [0.5, 0.6) is 0 Å². The van der Waals surface area contributed by atoms with Gasteiger partial charge in [0.2, 0.25) is 5.91 Å². The highest BCUT2D eigenvalue weighted by Gasteiger charge is 2.28. The molecular formula is C18H18N4O5. The molecule has 1 N–H and O–H groups in total. The molecule has 9 heteroatoms. The Morgan fingerprint density at radius 1 is 1.26 bits per heavy atom. The van der Waals surface area contributed by atoms with Gasteiger partial charge in [0.25, 0.3) is 5.91 Å². The first-order valence-corrected chi connectivity index (χ1v) is 8.34. The lowest BCUT2D eigenvalue weighted by atomic mass is 10.1. The fourth-order valence-electron chi connectivity index (χ4n) is 2.41. The minimum absolute atomic E-state index is 0.0791. The number of nitrogens with one attached hydrogen (secondary N) is 1. The lowest BCUT2D eigenvalue weighted by Gasteiger charge is -2.23. The summed E-state index contributed by atoms with van der Waals surface area (Å²) in [7, 11) is 0. The summed E-state index contributed by atoms with van der Waals surface area (Å²) < 4.78 is 10.0. The predicted molar refractivity (Wildman–Crippen MR) is 96.0 cm³/mol. The molecule has 1 atom stereocenters. The molecule has 0 aliphatic carbocycles. The number of hydrazone groups is 1. The molecule has 0 saturated carbocycles. The summed E-state index contributed by atoms with van der Waals surface area (Å²) in [6, 6.07) is 10.3. The average molecular weight is 370 g/mol. The number of ether oxygens (including phenoxy) is 1. The van der Waals surface area contributed by atoms with E-state index in [0.29, 0.717) is 11.4 Å². The molecule has 1 aliphatic rings. The van der Waals surface area contributed by atoms with Crippen LogP contribution in [0.3, 0.4) is 0 Å². The van der Waals surface area contributed by atoms with Gasteiger partial charge < -0.3 is 14.6 Å². The second-order valence-corrected chi connectivity index (χ2v) is 5.95. The number of rotatable bonds is 5. The number of para-hydroxylation sites is 1. The molecule has 0 bridgehead atoms. The Bertz CT molecular complexity index is 890. The molecule has 3 rings (SSSR count). The number of anilines is 2. The minimum Gasteiger partial charge on any atom is -0.448 e. The maximum absolute atomic E-state index is 12.3. The van der Waals surface area contributed by atoms with Gasteiger partial charge in [-0.05, 0) is 26.0 Å². The van der Waals surface area contributed by atoms with Crippen molar-refractivity contribution >= 4 is 35.0 Å². The fourth-order valence-corrected chi connectivity index (χ4v) is 2.41. The number of aryl methyl sites for hydroxylation is 1. The molecule has 0 radical (unpaired) electrons. The van der Waals surface area contributed by atoms with Crippen molar-refractivity contribution < 1.29 is 23.6 Å². The zero-order valence-corrected chi connectivity index (χ0v) is 14.8. The third-order valence-electron chi connectivity index (χ3n) is 3.80. The van der Waals surface area contributed by atoms with Crippen molar-refractivity contribution in [2.45, 2.75) is 32.8 Å². The fraction of sp³-hybridized carbons (Fsp3) is 0.278. The van der Waals surface area contributed by atoms with Gasteiger partial charge in [-0.15, -0.1) is 0 Å². The van der Waals surface area contributed by atoms with E-state index in [4.69, 9.17) is 9.26 Å². The summed E-state index contributed by atoms with van der Waals surface area (Å²) in [4.78, 5) is 36.5. The van der Waals surface area contributed by atoms with Crippen molar-refractivity contribution in [3.63, 3.8) is 0 Å². The number of aromatic nitrogens is 1. The average Bonchev–Trinajstić information content (AvgIpc) is 3.07. The first-order valence-electron chi connectivity index (χ1n) is 8.34.